The molecule has 0 bridgehead atoms. The molecule has 0 aliphatic carbocycles. The molecule has 1 aromatic heterocycles. The van der Waals surface area contributed by atoms with Gasteiger partial charge in [0.1, 0.15) is 11.6 Å². The predicted molar refractivity (Wildman–Crippen MR) is 59.1 cm³/mol. The van der Waals surface area contributed by atoms with Crippen LogP contribution >= 0.6 is 0 Å². The first-order valence-electron chi connectivity index (χ1n) is 4.97. The van der Waals surface area contributed by atoms with E-state index in [4.69, 9.17) is 0 Å². The van der Waals surface area contributed by atoms with Crippen molar-refractivity contribution in [3.63, 3.8) is 0 Å². The average molecular weight is 219 g/mol. The summed E-state index contributed by atoms with van der Waals surface area (Å²) in [6, 6.07) is 5.84. The summed E-state index contributed by atoms with van der Waals surface area (Å²) in [5.41, 5.74) is 2.37. The Balaban J connectivity index is 2.70. The standard InChI is InChI=1S/C13H11F2N/c1-8-4-3-5-16-13(8)12-9(2)6-10(14)7-11(12)15/h3-7H,1-2H3. The zero-order valence-electron chi connectivity index (χ0n) is 9.09. The monoisotopic (exact) mass is 219 g/mol. The third kappa shape index (κ3) is 1.81. The van der Waals surface area contributed by atoms with E-state index in [-0.39, 0.29) is 0 Å². The Morgan fingerprint density at radius 1 is 1.06 bits per heavy atom. The number of halogens is 2. The van der Waals surface area contributed by atoms with Gasteiger partial charge in [0, 0.05) is 17.8 Å². The number of aryl methyl sites for hydroxylation is 2. The topological polar surface area (TPSA) is 12.9 Å². The lowest BCUT2D eigenvalue weighted by molar-refractivity contribution is 0.583. The van der Waals surface area contributed by atoms with Crippen molar-refractivity contribution in [3.05, 3.63) is 53.2 Å². The second-order valence-corrected chi connectivity index (χ2v) is 3.75. The molecular weight excluding hydrogens is 208 g/mol. The highest BCUT2D eigenvalue weighted by atomic mass is 19.1. The van der Waals surface area contributed by atoms with E-state index in [1.54, 1.807) is 19.2 Å². The number of nitrogens with zero attached hydrogens (tertiary/aromatic N) is 1. The first kappa shape index (κ1) is 10.7. The van der Waals surface area contributed by atoms with Gasteiger partial charge in [-0.05, 0) is 37.1 Å². The van der Waals surface area contributed by atoms with Crippen molar-refractivity contribution in [3.8, 4) is 11.3 Å². The van der Waals surface area contributed by atoms with Crippen molar-refractivity contribution in [1.82, 2.24) is 4.98 Å². The predicted octanol–water partition coefficient (Wildman–Crippen LogP) is 3.64. The van der Waals surface area contributed by atoms with Crippen molar-refractivity contribution >= 4 is 0 Å². The van der Waals surface area contributed by atoms with Crippen LogP contribution in [-0.2, 0) is 0 Å². The SMILES string of the molecule is Cc1cccnc1-c1c(C)cc(F)cc1F. The van der Waals surface area contributed by atoms with Gasteiger partial charge >= 0.3 is 0 Å². The zero-order valence-corrected chi connectivity index (χ0v) is 9.09. The maximum Gasteiger partial charge on any atom is 0.135 e. The number of hydrogen-bond acceptors (Lipinski definition) is 1. The molecule has 0 radical (unpaired) electrons. The van der Waals surface area contributed by atoms with E-state index in [9.17, 15) is 8.78 Å². The van der Waals surface area contributed by atoms with Crippen molar-refractivity contribution in [2.45, 2.75) is 13.8 Å². The van der Waals surface area contributed by atoms with Crippen molar-refractivity contribution in [2.75, 3.05) is 0 Å². The Morgan fingerprint density at radius 3 is 2.44 bits per heavy atom. The first-order chi connectivity index (χ1) is 7.59. The van der Waals surface area contributed by atoms with Crippen molar-refractivity contribution in [1.29, 1.82) is 0 Å². The Kier molecular flexibility index (Phi) is 2.69. The van der Waals surface area contributed by atoms with Gasteiger partial charge in [0.25, 0.3) is 0 Å². The molecular formula is C13H11F2N. The zero-order chi connectivity index (χ0) is 11.7. The molecule has 0 saturated carbocycles. The molecule has 1 nitrogen and oxygen atoms in total. The average Bonchev–Trinajstić information content (AvgIpc) is 2.19. The Hall–Kier alpha value is -1.77. The Bertz CT molecular complexity index is 512. The van der Waals surface area contributed by atoms with Crippen LogP contribution < -0.4 is 0 Å². The minimum atomic E-state index is -0.570. The van der Waals surface area contributed by atoms with Crippen LogP contribution in [0.1, 0.15) is 11.1 Å². The fourth-order valence-corrected chi connectivity index (χ4v) is 1.75. The van der Waals surface area contributed by atoms with Gasteiger partial charge in [-0.25, -0.2) is 8.78 Å². The summed E-state index contributed by atoms with van der Waals surface area (Å²) >= 11 is 0. The van der Waals surface area contributed by atoms with Gasteiger partial charge in [-0.15, -0.1) is 0 Å². The maximum absolute atomic E-state index is 13.7. The van der Waals surface area contributed by atoms with Crippen LogP contribution in [0.2, 0.25) is 0 Å². The van der Waals surface area contributed by atoms with E-state index in [2.05, 4.69) is 4.98 Å². The summed E-state index contributed by atoms with van der Waals surface area (Å²) in [4.78, 5) is 4.14. The van der Waals surface area contributed by atoms with Crippen LogP contribution in [0.5, 0.6) is 0 Å². The van der Waals surface area contributed by atoms with E-state index >= 15 is 0 Å². The number of aromatic nitrogens is 1. The van der Waals surface area contributed by atoms with Gasteiger partial charge in [0.15, 0.2) is 0 Å². The molecule has 2 aromatic rings. The highest BCUT2D eigenvalue weighted by molar-refractivity contribution is 5.67. The molecule has 0 fully saturated rings. The van der Waals surface area contributed by atoms with Crippen LogP contribution in [0.25, 0.3) is 11.3 Å². The number of hydrogen-bond donors (Lipinski definition) is 0. The fraction of sp³-hybridized carbons (Fsp3) is 0.154. The largest absolute Gasteiger partial charge is 0.256 e. The highest BCUT2D eigenvalue weighted by Gasteiger charge is 2.13. The van der Waals surface area contributed by atoms with E-state index in [1.165, 1.54) is 6.07 Å². The summed E-state index contributed by atoms with van der Waals surface area (Å²) in [6.07, 6.45) is 1.60. The molecule has 0 N–H and O–H groups in total. The van der Waals surface area contributed by atoms with Crippen LogP contribution in [0, 0.1) is 25.5 Å². The molecule has 82 valence electrons. The van der Waals surface area contributed by atoms with Gasteiger partial charge in [-0.3, -0.25) is 4.98 Å². The molecule has 1 aromatic carbocycles. The summed E-state index contributed by atoms with van der Waals surface area (Å²) < 4.78 is 26.7. The molecule has 0 aliphatic rings. The molecule has 0 aliphatic heterocycles. The maximum atomic E-state index is 13.7. The number of rotatable bonds is 1. The molecule has 0 saturated heterocycles. The van der Waals surface area contributed by atoms with E-state index in [0.29, 0.717) is 16.8 Å². The molecule has 0 atom stereocenters. The Morgan fingerprint density at radius 2 is 1.81 bits per heavy atom. The summed E-state index contributed by atoms with van der Waals surface area (Å²) in [6.45, 7) is 3.53. The Labute approximate surface area is 92.8 Å². The van der Waals surface area contributed by atoms with Gasteiger partial charge in [-0.2, -0.15) is 0 Å². The second-order valence-electron chi connectivity index (χ2n) is 3.75. The van der Waals surface area contributed by atoms with Gasteiger partial charge < -0.3 is 0 Å². The molecule has 0 spiro atoms. The molecule has 1 heterocycles. The molecule has 16 heavy (non-hydrogen) atoms. The van der Waals surface area contributed by atoms with Crippen LogP contribution in [0.3, 0.4) is 0 Å². The normalized spacial score (nSPS) is 10.5. The van der Waals surface area contributed by atoms with Gasteiger partial charge in [-0.1, -0.05) is 6.07 Å². The smallest absolute Gasteiger partial charge is 0.135 e. The first-order valence-corrected chi connectivity index (χ1v) is 4.97. The van der Waals surface area contributed by atoms with E-state index in [0.717, 1.165) is 11.6 Å². The highest BCUT2D eigenvalue weighted by Crippen LogP contribution is 2.27. The minimum Gasteiger partial charge on any atom is -0.256 e. The molecule has 2 rings (SSSR count). The number of pyridine rings is 1. The molecule has 0 amide bonds. The lowest BCUT2D eigenvalue weighted by Gasteiger charge is -2.09. The van der Waals surface area contributed by atoms with Crippen molar-refractivity contribution < 1.29 is 8.78 Å². The molecule has 0 unspecified atom stereocenters. The van der Waals surface area contributed by atoms with Crippen LogP contribution in [-0.4, -0.2) is 4.98 Å². The summed E-state index contributed by atoms with van der Waals surface area (Å²) in [7, 11) is 0. The van der Waals surface area contributed by atoms with Gasteiger partial charge in [0.05, 0.1) is 5.69 Å². The summed E-state index contributed by atoms with van der Waals surface area (Å²) in [5, 5.41) is 0. The number of benzene rings is 1. The fourth-order valence-electron chi connectivity index (χ4n) is 1.75. The molecule has 3 heteroatoms. The van der Waals surface area contributed by atoms with Gasteiger partial charge in [0.2, 0.25) is 0 Å². The third-order valence-electron chi connectivity index (χ3n) is 2.50. The summed E-state index contributed by atoms with van der Waals surface area (Å²) in [5.74, 6) is -1.13. The quantitative estimate of drug-likeness (QED) is 0.713. The van der Waals surface area contributed by atoms with Crippen LogP contribution in [0.4, 0.5) is 8.78 Å². The lowest BCUT2D eigenvalue weighted by atomic mass is 10.0. The van der Waals surface area contributed by atoms with E-state index in [1.807, 2.05) is 13.0 Å². The minimum absolute atomic E-state index is 0.375. The van der Waals surface area contributed by atoms with Crippen LogP contribution in [0.15, 0.2) is 30.5 Å². The second kappa shape index (κ2) is 4.00. The van der Waals surface area contributed by atoms with Crippen molar-refractivity contribution in [2.24, 2.45) is 0 Å². The third-order valence-corrected chi connectivity index (χ3v) is 2.50. The van der Waals surface area contributed by atoms with E-state index < -0.39 is 11.6 Å². The lowest BCUT2D eigenvalue weighted by Crippen LogP contribution is -1.95.